The van der Waals surface area contributed by atoms with Gasteiger partial charge in [0, 0.05) is 29.7 Å². The molecule has 0 saturated carbocycles. The van der Waals surface area contributed by atoms with E-state index in [4.69, 9.17) is 4.74 Å². The molecule has 1 saturated heterocycles. The van der Waals surface area contributed by atoms with Gasteiger partial charge in [0.15, 0.2) is 0 Å². The van der Waals surface area contributed by atoms with E-state index >= 15 is 0 Å². The molecule has 2 rings (SSSR count). The van der Waals surface area contributed by atoms with Crippen LogP contribution in [0.1, 0.15) is 30.6 Å². The third-order valence-corrected chi connectivity index (χ3v) is 5.11. The molecule has 148 valence electrons. The number of ether oxygens (including phenoxy) is 1. The molecular formula is C19H26IN3O4. The number of hydrogen-bond donors (Lipinski definition) is 1. The van der Waals surface area contributed by atoms with Gasteiger partial charge in [-0.2, -0.15) is 0 Å². The zero-order chi connectivity index (χ0) is 19.8. The summed E-state index contributed by atoms with van der Waals surface area (Å²) >= 11 is 2.09. The molecule has 8 heteroatoms. The summed E-state index contributed by atoms with van der Waals surface area (Å²) in [7, 11) is 0. The van der Waals surface area contributed by atoms with Gasteiger partial charge >= 0.3 is 6.09 Å². The van der Waals surface area contributed by atoms with Crippen molar-refractivity contribution < 1.29 is 19.1 Å². The number of rotatable bonds is 5. The molecule has 0 aromatic heterocycles. The van der Waals surface area contributed by atoms with Gasteiger partial charge in [-0.3, -0.25) is 9.59 Å². The van der Waals surface area contributed by atoms with Crippen LogP contribution in [0.4, 0.5) is 4.79 Å². The van der Waals surface area contributed by atoms with Crippen molar-refractivity contribution in [2.24, 2.45) is 5.92 Å². The average Bonchev–Trinajstić information content (AvgIpc) is 2.90. The Kier molecular flexibility index (Phi) is 8.33. The summed E-state index contributed by atoms with van der Waals surface area (Å²) in [6.07, 6.45) is 0.359. The monoisotopic (exact) mass is 487 g/mol. The van der Waals surface area contributed by atoms with Crippen molar-refractivity contribution in [2.45, 2.75) is 20.3 Å². The first kappa shape index (κ1) is 21.5. The van der Waals surface area contributed by atoms with Gasteiger partial charge in [-0.1, -0.05) is 26.0 Å². The zero-order valence-electron chi connectivity index (χ0n) is 15.7. The summed E-state index contributed by atoms with van der Waals surface area (Å²) in [4.78, 5) is 40.1. The third-order valence-electron chi connectivity index (χ3n) is 4.17. The maximum Gasteiger partial charge on any atom is 0.409 e. The largest absolute Gasteiger partial charge is 0.449 e. The van der Waals surface area contributed by atoms with Crippen LogP contribution in [0.15, 0.2) is 24.3 Å². The summed E-state index contributed by atoms with van der Waals surface area (Å²) < 4.78 is 6.10. The maximum atomic E-state index is 12.4. The molecule has 0 aliphatic carbocycles. The standard InChI is InChI=1S/C19H26IN3O4/c1-14(2)13-27-19(26)23-9-5-8-22(10-11-23)17(24)12-21-18(25)15-6-3-4-7-16(15)20/h3-4,6-7,14H,5,8-13H2,1-2H3,(H,21,25). The minimum atomic E-state index is -0.329. The number of hydrogen-bond acceptors (Lipinski definition) is 4. The molecule has 1 N–H and O–H groups in total. The molecule has 3 amide bonds. The highest BCUT2D eigenvalue weighted by molar-refractivity contribution is 14.1. The number of carbonyl (C=O) groups excluding carboxylic acids is 3. The van der Waals surface area contributed by atoms with E-state index in [9.17, 15) is 14.4 Å². The smallest absolute Gasteiger partial charge is 0.409 e. The van der Waals surface area contributed by atoms with E-state index < -0.39 is 0 Å². The van der Waals surface area contributed by atoms with Crippen molar-refractivity contribution in [3.8, 4) is 0 Å². The number of benzene rings is 1. The van der Waals surface area contributed by atoms with Crippen molar-refractivity contribution >= 4 is 40.5 Å². The second-order valence-corrected chi connectivity index (χ2v) is 8.02. The van der Waals surface area contributed by atoms with Crippen LogP contribution in [0.3, 0.4) is 0 Å². The Balaban J connectivity index is 1.81. The van der Waals surface area contributed by atoms with Crippen molar-refractivity contribution in [1.29, 1.82) is 0 Å². The van der Waals surface area contributed by atoms with Crippen molar-refractivity contribution in [3.63, 3.8) is 0 Å². The first-order valence-corrected chi connectivity index (χ1v) is 10.2. The minimum Gasteiger partial charge on any atom is -0.449 e. The van der Waals surface area contributed by atoms with E-state index in [0.717, 1.165) is 3.57 Å². The second kappa shape index (κ2) is 10.5. The molecule has 0 radical (unpaired) electrons. The second-order valence-electron chi connectivity index (χ2n) is 6.85. The first-order chi connectivity index (χ1) is 12.9. The number of halogens is 1. The topological polar surface area (TPSA) is 79.0 Å². The number of amides is 3. The fourth-order valence-electron chi connectivity index (χ4n) is 2.69. The lowest BCUT2D eigenvalue weighted by Crippen LogP contribution is -2.42. The van der Waals surface area contributed by atoms with Crippen LogP contribution >= 0.6 is 22.6 Å². The van der Waals surface area contributed by atoms with Gasteiger partial charge in [0.25, 0.3) is 5.91 Å². The Hall–Kier alpha value is -1.84. The lowest BCUT2D eigenvalue weighted by atomic mass is 10.2. The van der Waals surface area contributed by atoms with Crippen molar-refractivity contribution in [1.82, 2.24) is 15.1 Å². The van der Waals surface area contributed by atoms with E-state index in [1.807, 2.05) is 26.0 Å². The summed E-state index contributed by atoms with van der Waals surface area (Å²) in [5.41, 5.74) is 0.556. The quantitative estimate of drug-likeness (QED) is 0.647. The van der Waals surface area contributed by atoms with Gasteiger partial charge < -0.3 is 19.9 Å². The van der Waals surface area contributed by atoms with E-state index in [2.05, 4.69) is 27.9 Å². The van der Waals surface area contributed by atoms with E-state index in [-0.39, 0.29) is 30.4 Å². The van der Waals surface area contributed by atoms with Crippen LogP contribution in [0.25, 0.3) is 0 Å². The predicted octanol–water partition coefficient (Wildman–Crippen LogP) is 2.35. The van der Waals surface area contributed by atoms with Crippen LogP contribution < -0.4 is 5.32 Å². The van der Waals surface area contributed by atoms with Crippen LogP contribution in [-0.2, 0) is 9.53 Å². The molecule has 1 fully saturated rings. The molecular weight excluding hydrogens is 461 g/mol. The van der Waals surface area contributed by atoms with Crippen LogP contribution in [0, 0.1) is 9.49 Å². The van der Waals surface area contributed by atoms with Crippen molar-refractivity contribution in [3.05, 3.63) is 33.4 Å². The van der Waals surface area contributed by atoms with Crippen LogP contribution in [0.5, 0.6) is 0 Å². The maximum absolute atomic E-state index is 12.4. The molecule has 27 heavy (non-hydrogen) atoms. The average molecular weight is 487 g/mol. The molecule has 1 aliphatic heterocycles. The number of carbonyl (C=O) groups is 3. The Morgan fingerprint density at radius 2 is 1.78 bits per heavy atom. The van der Waals surface area contributed by atoms with Crippen LogP contribution in [-0.4, -0.2) is 67.0 Å². The highest BCUT2D eigenvalue weighted by atomic mass is 127. The highest BCUT2D eigenvalue weighted by Crippen LogP contribution is 2.11. The summed E-state index contributed by atoms with van der Waals surface area (Å²) in [5, 5.41) is 2.68. The van der Waals surface area contributed by atoms with E-state index in [1.54, 1.807) is 21.9 Å². The van der Waals surface area contributed by atoms with Gasteiger partial charge in [-0.25, -0.2) is 4.79 Å². The lowest BCUT2D eigenvalue weighted by Gasteiger charge is -2.22. The predicted molar refractivity (Wildman–Crippen MR) is 110 cm³/mol. The Bertz CT molecular complexity index is 681. The summed E-state index contributed by atoms with van der Waals surface area (Å²) in [6, 6.07) is 7.23. The Labute approximate surface area is 173 Å². The van der Waals surface area contributed by atoms with Crippen LogP contribution in [0.2, 0.25) is 0 Å². The minimum absolute atomic E-state index is 0.0540. The molecule has 0 bridgehead atoms. The van der Waals surface area contributed by atoms with Gasteiger partial charge in [-0.05, 0) is 47.1 Å². The molecule has 0 unspecified atom stereocenters. The third kappa shape index (κ3) is 6.67. The summed E-state index contributed by atoms with van der Waals surface area (Å²) in [6.45, 7) is 6.31. The number of nitrogens with zero attached hydrogens (tertiary/aromatic N) is 2. The van der Waals surface area contributed by atoms with E-state index in [0.29, 0.717) is 44.8 Å². The first-order valence-electron chi connectivity index (χ1n) is 9.10. The Morgan fingerprint density at radius 3 is 2.48 bits per heavy atom. The number of nitrogens with one attached hydrogen (secondary N) is 1. The zero-order valence-corrected chi connectivity index (χ0v) is 17.9. The van der Waals surface area contributed by atoms with Gasteiger partial charge in [0.2, 0.25) is 5.91 Å². The summed E-state index contributed by atoms with van der Waals surface area (Å²) in [5.74, 6) is -0.121. The fourth-order valence-corrected chi connectivity index (χ4v) is 3.32. The Morgan fingerprint density at radius 1 is 1.11 bits per heavy atom. The SMILES string of the molecule is CC(C)COC(=O)N1CCCN(C(=O)CNC(=O)c2ccccc2I)CC1. The van der Waals surface area contributed by atoms with Crippen molar-refractivity contribution in [2.75, 3.05) is 39.3 Å². The highest BCUT2D eigenvalue weighted by Gasteiger charge is 2.23. The molecule has 7 nitrogen and oxygen atoms in total. The lowest BCUT2D eigenvalue weighted by molar-refractivity contribution is -0.130. The molecule has 0 spiro atoms. The van der Waals surface area contributed by atoms with E-state index in [1.165, 1.54) is 0 Å². The normalized spacial score (nSPS) is 14.7. The molecule has 1 aromatic carbocycles. The van der Waals surface area contributed by atoms with Gasteiger partial charge in [-0.15, -0.1) is 0 Å². The van der Waals surface area contributed by atoms with Gasteiger partial charge in [0.05, 0.1) is 18.7 Å². The van der Waals surface area contributed by atoms with Gasteiger partial charge in [0.1, 0.15) is 0 Å². The fraction of sp³-hybridized carbons (Fsp3) is 0.526. The molecule has 0 atom stereocenters. The molecule has 1 aliphatic rings. The molecule has 1 aromatic rings. The molecule has 1 heterocycles.